The van der Waals surface area contributed by atoms with Crippen molar-refractivity contribution in [1.29, 1.82) is 0 Å². The molecule has 0 bridgehead atoms. The molecule has 0 aliphatic heterocycles. The number of benzene rings is 2. The minimum absolute atomic E-state index is 0.154. The van der Waals surface area contributed by atoms with Crippen LogP contribution in [0.2, 0.25) is 0 Å². The van der Waals surface area contributed by atoms with E-state index in [4.69, 9.17) is 4.42 Å². The SMILES string of the molecule is CN(C)c1ccc2cc(C(=O)NS(=O)(=O)c3ccc(Br)cc3OC(F)(F)F)oc2c1. The molecular formula is C18H14BrF3N2O5S. The van der Waals surface area contributed by atoms with Crippen molar-refractivity contribution in [2.75, 3.05) is 19.0 Å². The van der Waals surface area contributed by atoms with Crippen LogP contribution in [0, 0.1) is 0 Å². The molecule has 3 aromatic rings. The third-order valence-electron chi connectivity index (χ3n) is 3.89. The number of carbonyl (C=O) groups excluding carboxylic acids is 1. The molecule has 1 aromatic heterocycles. The van der Waals surface area contributed by atoms with Crippen LogP contribution in [0.3, 0.4) is 0 Å². The van der Waals surface area contributed by atoms with E-state index in [-0.39, 0.29) is 10.2 Å². The van der Waals surface area contributed by atoms with E-state index in [9.17, 15) is 26.4 Å². The quantitative estimate of drug-likeness (QED) is 0.555. The fraction of sp³-hybridized carbons (Fsp3) is 0.167. The number of amides is 1. The molecule has 1 N–H and O–H groups in total. The smallest absolute Gasteiger partial charge is 0.451 e. The number of hydrogen-bond donors (Lipinski definition) is 1. The number of anilines is 1. The second kappa shape index (κ2) is 7.84. The van der Waals surface area contributed by atoms with Crippen molar-refractivity contribution < 1.29 is 35.5 Å². The van der Waals surface area contributed by atoms with Gasteiger partial charge in [-0.1, -0.05) is 15.9 Å². The maximum Gasteiger partial charge on any atom is 0.573 e. The number of halogens is 4. The van der Waals surface area contributed by atoms with E-state index in [1.165, 1.54) is 12.1 Å². The zero-order valence-electron chi connectivity index (χ0n) is 15.5. The van der Waals surface area contributed by atoms with Gasteiger partial charge in [-0.25, -0.2) is 13.1 Å². The molecule has 0 unspecified atom stereocenters. The lowest BCUT2D eigenvalue weighted by Gasteiger charge is -2.14. The van der Waals surface area contributed by atoms with Crippen LogP contribution in [0.5, 0.6) is 5.75 Å². The van der Waals surface area contributed by atoms with Crippen LogP contribution in [0.15, 0.2) is 56.2 Å². The first-order valence-corrected chi connectivity index (χ1v) is 10.5. The van der Waals surface area contributed by atoms with Gasteiger partial charge in [0.05, 0.1) is 0 Å². The summed E-state index contributed by atoms with van der Waals surface area (Å²) in [5.41, 5.74) is 1.13. The third kappa shape index (κ3) is 4.87. The van der Waals surface area contributed by atoms with E-state index in [2.05, 4.69) is 20.7 Å². The van der Waals surface area contributed by atoms with Gasteiger partial charge in [0, 0.05) is 35.7 Å². The monoisotopic (exact) mass is 506 g/mol. The highest BCUT2D eigenvalue weighted by molar-refractivity contribution is 9.10. The molecule has 7 nitrogen and oxygen atoms in total. The first kappa shape index (κ1) is 22.0. The highest BCUT2D eigenvalue weighted by Crippen LogP contribution is 2.32. The van der Waals surface area contributed by atoms with Crippen molar-refractivity contribution in [1.82, 2.24) is 4.72 Å². The Hall–Kier alpha value is -2.73. The molecule has 30 heavy (non-hydrogen) atoms. The van der Waals surface area contributed by atoms with Crippen LogP contribution in [-0.4, -0.2) is 34.8 Å². The van der Waals surface area contributed by atoms with Gasteiger partial charge in [-0.2, -0.15) is 0 Å². The van der Waals surface area contributed by atoms with Crippen molar-refractivity contribution in [3.8, 4) is 5.75 Å². The number of rotatable bonds is 5. The molecule has 12 heteroatoms. The number of furan rings is 1. The van der Waals surface area contributed by atoms with Crippen LogP contribution < -0.4 is 14.4 Å². The van der Waals surface area contributed by atoms with E-state index in [0.29, 0.717) is 11.0 Å². The lowest BCUT2D eigenvalue weighted by Crippen LogP contribution is -2.31. The standard InChI is InChI=1S/C18H14BrF3N2O5S/c1-24(2)12-5-3-10-7-15(28-13(10)9-12)17(25)23-30(26,27)16-6-4-11(19)8-14(16)29-18(20,21)22/h3-9H,1-2H3,(H,23,25). The second-order valence-corrected chi connectivity index (χ2v) is 8.87. The Morgan fingerprint density at radius 2 is 1.83 bits per heavy atom. The number of hydrogen-bond acceptors (Lipinski definition) is 6. The van der Waals surface area contributed by atoms with Gasteiger partial charge in [0.1, 0.15) is 10.5 Å². The molecule has 0 saturated heterocycles. The molecule has 2 aromatic carbocycles. The first-order valence-electron chi connectivity index (χ1n) is 8.19. The molecular weight excluding hydrogens is 493 g/mol. The Morgan fingerprint density at radius 3 is 2.47 bits per heavy atom. The summed E-state index contributed by atoms with van der Waals surface area (Å²) in [5.74, 6) is -2.45. The topological polar surface area (TPSA) is 88.9 Å². The van der Waals surface area contributed by atoms with Crippen LogP contribution in [0.25, 0.3) is 11.0 Å². The summed E-state index contributed by atoms with van der Waals surface area (Å²) in [7, 11) is -1.08. The largest absolute Gasteiger partial charge is 0.573 e. The van der Waals surface area contributed by atoms with Crippen molar-refractivity contribution in [2.24, 2.45) is 0 Å². The molecule has 1 amide bonds. The zero-order valence-corrected chi connectivity index (χ0v) is 17.9. The molecule has 0 atom stereocenters. The number of ether oxygens (including phenoxy) is 1. The number of carbonyl (C=O) groups is 1. The van der Waals surface area contributed by atoms with Gasteiger partial charge in [-0.05, 0) is 36.4 Å². The molecule has 3 rings (SSSR count). The van der Waals surface area contributed by atoms with Gasteiger partial charge >= 0.3 is 12.3 Å². The minimum Gasteiger partial charge on any atom is -0.451 e. The van der Waals surface area contributed by atoms with E-state index in [1.807, 2.05) is 19.0 Å². The summed E-state index contributed by atoms with van der Waals surface area (Å²) in [4.78, 5) is 13.4. The van der Waals surface area contributed by atoms with Crippen LogP contribution in [0.1, 0.15) is 10.6 Å². The average Bonchev–Trinajstić information content (AvgIpc) is 3.03. The fourth-order valence-electron chi connectivity index (χ4n) is 2.55. The molecule has 0 aliphatic rings. The summed E-state index contributed by atoms with van der Waals surface area (Å²) in [6.45, 7) is 0. The summed E-state index contributed by atoms with van der Waals surface area (Å²) in [6, 6.07) is 9.35. The highest BCUT2D eigenvalue weighted by Gasteiger charge is 2.35. The predicted molar refractivity (Wildman–Crippen MR) is 106 cm³/mol. The Kier molecular flexibility index (Phi) is 5.74. The average molecular weight is 507 g/mol. The molecule has 1 heterocycles. The Balaban J connectivity index is 1.92. The van der Waals surface area contributed by atoms with Crippen LogP contribution in [-0.2, 0) is 10.0 Å². The zero-order chi connectivity index (χ0) is 22.3. The Labute approximate surface area is 177 Å². The molecule has 160 valence electrons. The minimum atomic E-state index is -5.13. The Morgan fingerprint density at radius 1 is 1.13 bits per heavy atom. The lowest BCUT2D eigenvalue weighted by atomic mass is 10.2. The Bertz CT molecular complexity index is 1220. The maximum atomic E-state index is 12.6. The van der Waals surface area contributed by atoms with Crippen LogP contribution in [0.4, 0.5) is 18.9 Å². The van der Waals surface area contributed by atoms with E-state index < -0.39 is 32.9 Å². The molecule has 0 spiro atoms. The van der Waals surface area contributed by atoms with Crippen molar-refractivity contribution >= 4 is 48.5 Å². The number of fused-ring (bicyclic) bond motifs is 1. The van der Waals surface area contributed by atoms with Crippen molar-refractivity contribution in [3.05, 3.63) is 52.7 Å². The molecule has 0 fully saturated rings. The normalized spacial score (nSPS) is 12.1. The van der Waals surface area contributed by atoms with Crippen molar-refractivity contribution in [2.45, 2.75) is 11.3 Å². The van der Waals surface area contributed by atoms with Gasteiger partial charge < -0.3 is 14.1 Å². The number of alkyl halides is 3. The number of sulfonamides is 1. The maximum absolute atomic E-state index is 12.6. The number of nitrogens with one attached hydrogen (secondary N) is 1. The molecule has 0 radical (unpaired) electrons. The number of nitrogens with zero attached hydrogens (tertiary/aromatic N) is 1. The van der Waals surface area contributed by atoms with E-state index in [0.717, 1.165) is 17.8 Å². The lowest BCUT2D eigenvalue weighted by molar-refractivity contribution is -0.275. The third-order valence-corrected chi connectivity index (χ3v) is 5.76. The van der Waals surface area contributed by atoms with E-state index >= 15 is 0 Å². The first-order chi connectivity index (χ1) is 13.9. The van der Waals surface area contributed by atoms with Gasteiger partial charge in [-0.15, -0.1) is 13.2 Å². The summed E-state index contributed by atoms with van der Waals surface area (Å²) in [6.07, 6.45) is -5.13. The second-order valence-electron chi connectivity index (χ2n) is 6.30. The van der Waals surface area contributed by atoms with Gasteiger partial charge in [0.15, 0.2) is 11.5 Å². The van der Waals surface area contributed by atoms with Crippen LogP contribution >= 0.6 is 15.9 Å². The predicted octanol–water partition coefficient (Wildman–Crippen LogP) is 4.28. The van der Waals surface area contributed by atoms with Gasteiger partial charge in [-0.3, -0.25) is 4.79 Å². The summed E-state index contributed by atoms with van der Waals surface area (Å²) in [5, 5.41) is 0.549. The molecule has 0 aliphatic carbocycles. The van der Waals surface area contributed by atoms with Crippen molar-refractivity contribution in [3.63, 3.8) is 0 Å². The highest BCUT2D eigenvalue weighted by atomic mass is 79.9. The summed E-state index contributed by atoms with van der Waals surface area (Å²) < 4.78 is 74.1. The van der Waals surface area contributed by atoms with E-state index in [1.54, 1.807) is 22.9 Å². The van der Waals surface area contributed by atoms with Gasteiger partial charge in [0.2, 0.25) is 0 Å². The summed E-state index contributed by atoms with van der Waals surface area (Å²) >= 11 is 2.95. The fourth-order valence-corrected chi connectivity index (χ4v) is 3.95. The molecule has 0 saturated carbocycles. The van der Waals surface area contributed by atoms with Gasteiger partial charge in [0.25, 0.3) is 10.0 Å².